The molecule has 0 spiro atoms. The molecule has 1 heterocycles. The SMILES string of the molecule is CC#C[C@]1(O)CCC2C3CCC4=CC(=O)CCC4=C3COCC21C. The molecule has 0 bridgehead atoms. The summed E-state index contributed by atoms with van der Waals surface area (Å²) in [5, 5.41) is 11.2. The molecule has 2 fully saturated rings. The van der Waals surface area contributed by atoms with Crippen molar-refractivity contribution in [2.24, 2.45) is 17.3 Å². The van der Waals surface area contributed by atoms with Crippen LogP contribution < -0.4 is 0 Å². The predicted molar refractivity (Wildman–Crippen MR) is 92.1 cm³/mol. The Kier molecular flexibility index (Phi) is 3.74. The van der Waals surface area contributed by atoms with E-state index in [2.05, 4.69) is 18.8 Å². The minimum absolute atomic E-state index is 0.264. The first-order valence-electron chi connectivity index (χ1n) is 9.18. The Hall–Kier alpha value is -1.37. The van der Waals surface area contributed by atoms with Gasteiger partial charge in [-0.25, -0.2) is 0 Å². The third-order valence-corrected chi connectivity index (χ3v) is 6.96. The number of ether oxygens (including phenoxy) is 1. The van der Waals surface area contributed by atoms with E-state index in [4.69, 9.17) is 4.74 Å². The van der Waals surface area contributed by atoms with E-state index in [1.165, 1.54) is 16.7 Å². The summed E-state index contributed by atoms with van der Waals surface area (Å²) in [7, 11) is 0. The summed E-state index contributed by atoms with van der Waals surface area (Å²) < 4.78 is 6.10. The number of fused-ring (bicyclic) bond motifs is 4. The minimum atomic E-state index is -0.939. The van der Waals surface area contributed by atoms with E-state index < -0.39 is 5.60 Å². The lowest BCUT2D eigenvalue weighted by atomic mass is 9.62. The van der Waals surface area contributed by atoms with Crippen molar-refractivity contribution in [1.29, 1.82) is 0 Å². The highest BCUT2D eigenvalue weighted by atomic mass is 16.5. The van der Waals surface area contributed by atoms with Gasteiger partial charge in [-0.1, -0.05) is 12.8 Å². The molecule has 4 atom stereocenters. The Morgan fingerprint density at radius 2 is 2.12 bits per heavy atom. The summed E-state index contributed by atoms with van der Waals surface area (Å²) >= 11 is 0. The molecule has 1 N–H and O–H groups in total. The Labute approximate surface area is 144 Å². The van der Waals surface area contributed by atoms with Gasteiger partial charge in [0.05, 0.1) is 13.2 Å². The van der Waals surface area contributed by atoms with Crippen molar-refractivity contribution in [3.8, 4) is 11.8 Å². The summed E-state index contributed by atoms with van der Waals surface area (Å²) in [6.45, 7) is 5.18. The van der Waals surface area contributed by atoms with Gasteiger partial charge in [-0.15, -0.1) is 5.92 Å². The van der Waals surface area contributed by atoms with Gasteiger partial charge < -0.3 is 9.84 Å². The van der Waals surface area contributed by atoms with Gasteiger partial charge in [0.1, 0.15) is 5.60 Å². The molecule has 0 aromatic carbocycles. The van der Waals surface area contributed by atoms with Crippen LogP contribution in [0, 0.1) is 29.1 Å². The third-order valence-electron chi connectivity index (χ3n) is 6.96. The van der Waals surface area contributed by atoms with Crippen LogP contribution in [-0.4, -0.2) is 29.7 Å². The van der Waals surface area contributed by atoms with E-state index in [-0.39, 0.29) is 11.2 Å². The number of ketones is 1. The molecule has 1 saturated carbocycles. The minimum Gasteiger partial charge on any atom is -0.377 e. The van der Waals surface area contributed by atoms with Crippen LogP contribution in [0.5, 0.6) is 0 Å². The van der Waals surface area contributed by atoms with Crippen molar-refractivity contribution in [1.82, 2.24) is 0 Å². The lowest BCUT2D eigenvalue weighted by molar-refractivity contribution is -0.114. The van der Waals surface area contributed by atoms with Crippen molar-refractivity contribution in [3.63, 3.8) is 0 Å². The average molecular weight is 326 g/mol. The van der Waals surface area contributed by atoms with Crippen LogP contribution in [0.25, 0.3) is 0 Å². The highest BCUT2D eigenvalue weighted by Gasteiger charge is 2.59. The molecule has 1 saturated heterocycles. The first kappa shape index (κ1) is 16.1. The normalized spacial score (nSPS) is 41.5. The topological polar surface area (TPSA) is 46.5 Å². The third kappa shape index (κ3) is 2.16. The van der Waals surface area contributed by atoms with Gasteiger partial charge in [-0.2, -0.15) is 0 Å². The van der Waals surface area contributed by atoms with Crippen molar-refractivity contribution in [2.75, 3.05) is 13.2 Å². The fourth-order valence-electron chi connectivity index (χ4n) is 5.63. The van der Waals surface area contributed by atoms with Crippen LogP contribution in [0.2, 0.25) is 0 Å². The Balaban J connectivity index is 1.77. The molecule has 4 rings (SSSR count). The van der Waals surface area contributed by atoms with Crippen LogP contribution in [0.3, 0.4) is 0 Å². The number of hydrogen-bond donors (Lipinski definition) is 1. The van der Waals surface area contributed by atoms with Crippen molar-refractivity contribution in [2.45, 2.75) is 58.0 Å². The van der Waals surface area contributed by atoms with Gasteiger partial charge in [-0.05, 0) is 73.7 Å². The molecule has 3 unspecified atom stereocenters. The average Bonchev–Trinajstić information content (AvgIpc) is 2.71. The van der Waals surface area contributed by atoms with Gasteiger partial charge in [0.2, 0.25) is 0 Å². The standard InChI is InChI=1S/C21H26O3/c1-3-9-21(23)10-8-19-17-6-4-14-11-15(22)5-7-16(14)18(17)12-24-13-20(19,21)2/h11,17,19,23H,4-8,10,12-13H2,1-2H3/t17?,19?,20?,21-/m0/s1. The summed E-state index contributed by atoms with van der Waals surface area (Å²) in [5.74, 6) is 7.17. The van der Waals surface area contributed by atoms with Gasteiger partial charge >= 0.3 is 0 Å². The number of rotatable bonds is 0. The number of carbonyl (C=O) groups excluding carboxylic acids is 1. The summed E-state index contributed by atoms with van der Waals surface area (Å²) in [6, 6.07) is 0. The zero-order valence-electron chi connectivity index (χ0n) is 14.7. The molecule has 3 aliphatic carbocycles. The van der Waals surface area contributed by atoms with E-state index >= 15 is 0 Å². The second-order valence-electron chi connectivity index (χ2n) is 8.08. The highest BCUT2D eigenvalue weighted by Crippen LogP contribution is 2.58. The van der Waals surface area contributed by atoms with Crippen LogP contribution in [0.4, 0.5) is 0 Å². The number of carbonyl (C=O) groups is 1. The molecule has 1 aliphatic heterocycles. The number of hydrogen-bond acceptors (Lipinski definition) is 3. The largest absolute Gasteiger partial charge is 0.377 e. The first-order valence-corrected chi connectivity index (χ1v) is 9.18. The molecule has 0 radical (unpaired) electrons. The Bertz CT molecular complexity index is 704. The monoisotopic (exact) mass is 326 g/mol. The maximum atomic E-state index is 11.8. The highest BCUT2D eigenvalue weighted by molar-refractivity contribution is 5.93. The molecule has 0 aromatic rings. The predicted octanol–water partition coefficient (Wildman–Crippen LogP) is 3.18. The fourth-order valence-corrected chi connectivity index (χ4v) is 5.63. The quantitative estimate of drug-likeness (QED) is 0.696. The summed E-state index contributed by atoms with van der Waals surface area (Å²) in [5.41, 5.74) is 2.78. The molecule has 24 heavy (non-hydrogen) atoms. The van der Waals surface area contributed by atoms with E-state index in [1.807, 2.05) is 6.08 Å². The lowest BCUT2D eigenvalue weighted by Crippen LogP contribution is -2.48. The number of aliphatic hydroxyl groups is 1. The van der Waals surface area contributed by atoms with Gasteiger partial charge in [-0.3, -0.25) is 4.79 Å². The molecule has 3 nitrogen and oxygen atoms in total. The first-order chi connectivity index (χ1) is 11.5. The van der Waals surface area contributed by atoms with Crippen molar-refractivity contribution in [3.05, 3.63) is 22.8 Å². The second-order valence-corrected chi connectivity index (χ2v) is 8.08. The lowest BCUT2D eigenvalue weighted by Gasteiger charge is -2.42. The fraction of sp³-hybridized carbons (Fsp3) is 0.667. The van der Waals surface area contributed by atoms with E-state index in [0.29, 0.717) is 31.5 Å². The van der Waals surface area contributed by atoms with Crippen LogP contribution in [0.1, 0.15) is 52.4 Å². The van der Waals surface area contributed by atoms with Gasteiger partial charge in [0, 0.05) is 11.8 Å². The van der Waals surface area contributed by atoms with E-state index in [0.717, 1.165) is 32.1 Å². The molecular weight excluding hydrogens is 300 g/mol. The Morgan fingerprint density at radius 1 is 1.29 bits per heavy atom. The van der Waals surface area contributed by atoms with E-state index in [9.17, 15) is 9.90 Å². The molecule has 0 amide bonds. The van der Waals surface area contributed by atoms with Gasteiger partial charge in [0.15, 0.2) is 5.78 Å². The number of allylic oxidation sites excluding steroid dienone is 3. The van der Waals surface area contributed by atoms with Gasteiger partial charge in [0.25, 0.3) is 0 Å². The van der Waals surface area contributed by atoms with Crippen LogP contribution in [-0.2, 0) is 9.53 Å². The van der Waals surface area contributed by atoms with Crippen molar-refractivity contribution < 1.29 is 14.6 Å². The smallest absolute Gasteiger partial charge is 0.156 e. The zero-order chi connectivity index (χ0) is 16.9. The molecule has 4 aliphatic rings. The maximum Gasteiger partial charge on any atom is 0.156 e. The molecule has 128 valence electrons. The molecular formula is C21H26O3. The molecule has 0 aromatic heterocycles. The van der Waals surface area contributed by atoms with Crippen LogP contribution in [0.15, 0.2) is 22.8 Å². The zero-order valence-corrected chi connectivity index (χ0v) is 14.7. The van der Waals surface area contributed by atoms with E-state index in [1.54, 1.807) is 6.92 Å². The van der Waals surface area contributed by atoms with Crippen molar-refractivity contribution >= 4 is 5.78 Å². The van der Waals surface area contributed by atoms with Crippen LogP contribution >= 0.6 is 0 Å². The summed E-state index contributed by atoms with van der Waals surface area (Å²) in [6.07, 6.45) is 7.14. The summed E-state index contributed by atoms with van der Waals surface area (Å²) in [4.78, 5) is 11.8. The Morgan fingerprint density at radius 3 is 2.92 bits per heavy atom. The molecule has 3 heteroatoms. The second kappa shape index (κ2) is 5.58. The maximum absolute atomic E-state index is 11.8.